The summed E-state index contributed by atoms with van der Waals surface area (Å²) in [6.45, 7) is 8.68. The lowest BCUT2D eigenvalue weighted by molar-refractivity contribution is 0.397. The number of rotatable bonds is 5. The van der Waals surface area contributed by atoms with Crippen molar-refractivity contribution in [3.05, 3.63) is 108 Å². The maximum absolute atomic E-state index is 6.04. The average molecular weight is 483 g/mol. The van der Waals surface area contributed by atoms with Crippen LogP contribution in [0, 0.1) is 6.92 Å². The Hall–Kier alpha value is -3.64. The quantitative estimate of drug-likeness (QED) is 0.313. The summed E-state index contributed by atoms with van der Waals surface area (Å²) in [4.78, 5) is 6.83. The zero-order valence-electron chi connectivity index (χ0n) is 20.5. The lowest BCUT2D eigenvalue weighted by Gasteiger charge is -2.28. The molecule has 0 unspecified atom stereocenters. The molecule has 6 heteroatoms. The molecule has 0 radical (unpaired) electrons. The Labute approximate surface area is 212 Å². The molecule has 5 rings (SSSR count). The molecule has 0 aliphatic carbocycles. The molecule has 0 spiro atoms. The van der Waals surface area contributed by atoms with Gasteiger partial charge >= 0.3 is 0 Å². The van der Waals surface area contributed by atoms with E-state index in [9.17, 15) is 0 Å². The fourth-order valence-corrected chi connectivity index (χ4v) is 4.74. The van der Waals surface area contributed by atoms with Crippen LogP contribution in [-0.2, 0) is 5.54 Å². The van der Waals surface area contributed by atoms with Gasteiger partial charge in [-0.2, -0.15) is 0 Å². The van der Waals surface area contributed by atoms with Crippen molar-refractivity contribution in [3.63, 3.8) is 0 Å². The van der Waals surface area contributed by atoms with Crippen LogP contribution < -0.4 is 15.0 Å². The second kappa shape index (κ2) is 9.19. The maximum atomic E-state index is 6.04. The van der Waals surface area contributed by atoms with E-state index in [4.69, 9.17) is 17.0 Å². The van der Waals surface area contributed by atoms with Gasteiger partial charge < -0.3 is 19.5 Å². The van der Waals surface area contributed by atoms with Gasteiger partial charge in [0.2, 0.25) is 0 Å². The summed E-state index contributed by atoms with van der Waals surface area (Å²) in [5.41, 5.74) is 4.35. The Morgan fingerprint density at radius 2 is 1.60 bits per heavy atom. The molecule has 0 amide bonds. The van der Waals surface area contributed by atoms with Gasteiger partial charge in [-0.05, 0) is 100 Å². The molecule has 1 fully saturated rings. The summed E-state index contributed by atoms with van der Waals surface area (Å²) in [5, 5.41) is 4.21. The Morgan fingerprint density at radius 1 is 0.914 bits per heavy atom. The summed E-state index contributed by atoms with van der Waals surface area (Å²) in [6.07, 6.45) is 6.19. The molecule has 3 heterocycles. The lowest BCUT2D eigenvalue weighted by atomic mass is 9.98. The minimum absolute atomic E-state index is 0.00885. The Morgan fingerprint density at radius 3 is 2.20 bits per heavy atom. The van der Waals surface area contributed by atoms with E-state index in [1.165, 1.54) is 11.1 Å². The van der Waals surface area contributed by atoms with Gasteiger partial charge in [-0.15, -0.1) is 0 Å². The molecule has 178 valence electrons. The molecular weight excluding hydrogens is 452 g/mol. The number of hydrogen-bond acceptors (Lipinski definition) is 3. The van der Waals surface area contributed by atoms with Crippen LogP contribution in [0.2, 0.25) is 0 Å². The highest BCUT2D eigenvalue weighted by molar-refractivity contribution is 7.80. The largest absolute Gasteiger partial charge is 0.457 e. The van der Waals surface area contributed by atoms with Crippen molar-refractivity contribution < 1.29 is 4.74 Å². The van der Waals surface area contributed by atoms with Crippen molar-refractivity contribution in [1.82, 2.24) is 14.9 Å². The van der Waals surface area contributed by atoms with Crippen molar-refractivity contribution >= 4 is 23.0 Å². The number of benzene rings is 2. The van der Waals surface area contributed by atoms with Gasteiger partial charge in [-0.3, -0.25) is 4.98 Å². The van der Waals surface area contributed by atoms with E-state index in [0.29, 0.717) is 5.11 Å². The van der Waals surface area contributed by atoms with Crippen LogP contribution in [0.25, 0.3) is 0 Å². The first kappa shape index (κ1) is 23.1. The molecule has 1 aliphatic heterocycles. The smallest absolute Gasteiger partial charge is 0.174 e. The van der Waals surface area contributed by atoms with E-state index in [1.807, 2.05) is 54.7 Å². The summed E-state index contributed by atoms with van der Waals surface area (Å²) in [6, 6.07) is 24.2. The van der Waals surface area contributed by atoms with E-state index in [0.717, 1.165) is 22.9 Å². The highest BCUT2D eigenvalue weighted by Gasteiger charge is 2.41. The molecule has 2 aromatic heterocycles. The molecule has 0 bridgehead atoms. The molecule has 1 aliphatic rings. The standard InChI is InChI=1S/C29H30N4OS/c1-20-8-12-23(13-9-20)34-24-14-10-22(11-15-24)33-27(21-16-18-32(19-21)29(2,3)4)26(31-28(33)35)25-7-5-6-17-30-25/h5-19,26-27H,1-4H3,(H,31,35)/t26-,27-/m0/s1. The number of pyridine rings is 1. The second-order valence-corrected chi connectivity index (χ2v) is 10.3. The van der Waals surface area contributed by atoms with Crippen LogP contribution in [0.1, 0.15) is 49.7 Å². The molecule has 1 N–H and O–H groups in total. The SMILES string of the molecule is Cc1ccc(Oc2ccc(N3C(=S)N[C@@H](c4ccccn4)[C@@H]3c3ccn(C(C)(C)C)c3)cc2)cc1. The molecule has 2 atom stereocenters. The Bertz CT molecular complexity index is 1310. The second-order valence-electron chi connectivity index (χ2n) is 9.93. The summed E-state index contributed by atoms with van der Waals surface area (Å²) in [5.74, 6) is 1.60. The number of aryl methyl sites for hydroxylation is 1. The normalized spacial score (nSPS) is 17.9. The van der Waals surface area contributed by atoms with Crippen molar-refractivity contribution in [2.24, 2.45) is 0 Å². The van der Waals surface area contributed by atoms with Gasteiger partial charge in [0.05, 0.1) is 17.8 Å². The van der Waals surface area contributed by atoms with E-state index < -0.39 is 0 Å². The third-order valence-corrected chi connectivity index (χ3v) is 6.62. The van der Waals surface area contributed by atoms with Crippen LogP contribution in [0.4, 0.5) is 5.69 Å². The van der Waals surface area contributed by atoms with Crippen molar-refractivity contribution in [1.29, 1.82) is 0 Å². The number of nitrogens with zero attached hydrogens (tertiary/aromatic N) is 3. The number of thiocarbonyl (C=S) groups is 1. The van der Waals surface area contributed by atoms with Crippen LogP contribution in [0.3, 0.4) is 0 Å². The third kappa shape index (κ3) is 4.80. The number of anilines is 1. The zero-order chi connectivity index (χ0) is 24.6. The fourth-order valence-electron chi connectivity index (χ4n) is 4.39. The van der Waals surface area contributed by atoms with E-state index >= 15 is 0 Å². The van der Waals surface area contributed by atoms with Crippen LogP contribution in [-0.4, -0.2) is 14.7 Å². The lowest BCUT2D eigenvalue weighted by Crippen LogP contribution is -2.29. The molecule has 1 saturated heterocycles. The van der Waals surface area contributed by atoms with Gasteiger partial charge in [0, 0.05) is 29.8 Å². The number of nitrogens with one attached hydrogen (secondary N) is 1. The monoisotopic (exact) mass is 482 g/mol. The summed E-state index contributed by atoms with van der Waals surface area (Å²) < 4.78 is 8.29. The third-order valence-electron chi connectivity index (χ3n) is 6.30. The van der Waals surface area contributed by atoms with Gasteiger partial charge in [0.1, 0.15) is 11.5 Å². The summed E-state index contributed by atoms with van der Waals surface area (Å²) in [7, 11) is 0. The summed E-state index contributed by atoms with van der Waals surface area (Å²) >= 11 is 5.86. The molecule has 35 heavy (non-hydrogen) atoms. The molecule has 4 aromatic rings. The van der Waals surface area contributed by atoms with Gasteiger partial charge in [-0.25, -0.2) is 0 Å². The van der Waals surface area contributed by atoms with E-state index in [1.54, 1.807) is 0 Å². The number of aromatic nitrogens is 2. The van der Waals surface area contributed by atoms with E-state index in [2.05, 4.69) is 84.1 Å². The van der Waals surface area contributed by atoms with Crippen molar-refractivity contribution in [2.75, 3.05) is 4.90 Å². The van der Waals surface area contributed by atoms with E-state index in [-0.39, 0.29) is 17.6 Å². The average Bonchev–Trinajstić information content (AvgIpc) is 3.47. The Kier molecular flexibility index (Phi) is 6.07. The highest BCUT2D eigenvalue weighted by Crippen LogP contribution is 2.42. The molecular formula is C29H30N4OS. The number of hydrogen-bond donors (Lipinski definition) is 1. The van der Waals surface area contributed by atoms with Crippen molar-refractivity contribution in [2.45, 2.75) is 45.3 Å². The molecule has 2 aromatic carbocycles. The molecule has 5 nitrogen and oxygen atoms in total. The van der Waals surface area contributed by atoms with Crippen LogP contribution in [0.5, 0.6) is 11.5 Å². The van der Waals surface area contributed by atoms with Gasteiger partial charge in [0.15, 0.2) is 5.11 Å². The van der Waals surface area contributed by atoms with Gasteiger partial charge in [-0.1, -0.05) is 23.8 Å². The Balaban J connectivity index is 1.49. The maximum Gasteiger partial charge on any atom is 0.174 e. The first-order chi connectivity index (χ1) is 16.8. The highest BCUT2D eigenvalue weighted by atomic mass is 32.1. The first-order valence-electron chi connectivity index (χ1n) is 11.8. The predicted octanol–water partition coefficient (Wildman–Crippen LogP) is 6.92. The zero-order valence-corrected chi connectivity index (χ0v) is 21.3. The number of ether oxygens (including phenoxy) is 1. The minimum atomic E-state index is -0.0667. The first-order valence-corrected chi connectivity index (χ1v) is 12.2. The topological polar surface area (TPSA) is 42.3 Å². The predicted molar refractivity (Wildman–Crippen MR) is 145 cm³/mol. The molecule has 0 saturated carbocycles. The minimum Gasteiger partial charge on any atom is -0.457 e. The fraction of sp³-hybridized carbons (Fsp3) is 0.241. The van der Waals surface area contributed by atoms with Crippen LogP contribution in [0.15, 0.2) is 91.4 Å². The van der Waals surface area contributed by atoms with Crippen LogP contribution >= 0.6 is 12.2 Å². The van der Waals surface area contributed by atoms with Crippen molar-refractivity contribution in [3.8, 4) is 11.5 Å². The van der Waals surface area contributed by atoms with Gasteiger partial charge in [0.25, 0.3) is 0 Å².